The maximum atomic E-state index is 5.72. The van der Waals surface area contributed by atoms with Crippen LogP contribution in [-0.4, -0.2) is 280 Å². The monoisotopic (exact) mass is 1750 g/mol. The zero-order valence-electron chi connectivity index (χ0n) is 75.3. The van der Waals surface area contributed by atoms with E-state index in [0.717, 1.165) is 163 Å². The fourth-order valence-electron chi connectivity index (χ4n) is 13.8. The maximum Gasteiger partial charge on any atom is 0.231 e. The number of nitrogens with two attached hydrogens (primary N) is 1. The first-order valence-electron chi connectivity index (χ1n) is 41.3. The molecule has 42 heteroatoms. The van der Waals surface area contributed by atoms with Crippen molar-refractivity contribution in [2.24, 2.45) is 65.6 Å². The molecule has 6 aromatic rings. The van der Waals surface area contributed by atoms with Gasteiger partial charge in [-0.2, -0.15) is 0 Å². The number of ether oxygens (including phenoxy) is 12. The Bertz CT molecular complexity index is 5280. The lowest BCUT2D eigenvalue weighted by molar-refractivity contribution is 0.173. The second-order valence-corrected chi connectivity index (χ2v) is 31.1. The van der Waals surface area contributed by atoms with Crippen molar-refractivity contribution in [3.8, 4) is 69.0 Å². The second kappa shape index (κ2) is 41.7. The third-order valence-corrected chi connectivity index (χ3v) is 19.9. The fourth-order valence-corrected chi connectivity index (χ4v) is 13.8. The Morgan fingerprint density at radius 3 is 1.02 bits per heavy atom. The molecule has 0 saturated carbocycles. The highest BCUT2D eigenvalue weighted by Gasteiger charge is 2.29. The molecule has 127 heavy (non-hydrogen) atoms. The first-order valence-corrected chi connectivity index (χ1v) is 41.3. The molecule has 0 radical (unpaired) electrons. The van der Waals surface area contributed by atoms with E-state index in [1.807, 2.05) is 252 Å². The molecule has 42 nitrogen and oxygen atoms in total. The summed E-state index contributed by atoms with van der Waals surface area (Å²) in [5, 5.41) is 28.3. The van der Waals surface area contributed by atoms with Gasteiger partial charge in [-0.1, -0.05) is 36.4 Å². The molecular formula is C85H116N30O12. The molecule has 1 saturated heterocycles. The SMILES string of the molecule is CC1N=C(N(C)C)N(C)C(N(C)Cc2ccc3c(c2)OCO3)=N1.CC1N=C(N(C)C)NC(=NCc2ccc3c(c2)OCO3)N1.CC1N=C(N(C)C)NC(N(C)Cc2ccc3c(c2)OCO3)=N1.CC1N=C(N)NC(N(C)Cc2ccc3c(c2)OCO3)=N1.CN=C1NC(=NCc2ccc3c(c2)OCO3)NC(C)N1.CN=C1NC(N(C)Cc2ccc3c(c2)OCO3)=NC(C)N1. The smallest absolute Gasteiger partial charge is 0.231 e. The summed E-state index contributed by atoms with van der Waals surface area (Å²) in [4.78, 5) is 69.1. The van der Waals surface area contributed by atoms with Gasteiger partial charge in [-0.15, -0.1) is 0 Å². The van der Waals surface area contributed by atoms with E-state index in [4.69, 9.17) is 62.6 Å². The minimum atomic E-state index is -0.162. The first kappa shape index (κ1) is 90.1. The van der Waals surface area contributed by atoms with E-state index in [1.54, 1.807) is 14.1 Å². The number of aliphatic imine (C=N–C) groups is 12. The predicted molar refractivity (Wildman–Crippen MR) is 488 cm³/mol. The lowest BCUT2D eigenvalue weighted by Crippen LogP contribution is -2.61. The van der Waals surface area contributed by atoms with Crippen LogP contribution >= 0.6 is 0 Å². The van der Waals surface area contributed by atoms with Gasteiger partial charge in [0, 0.05) is 118 Å². The lowest BCUT2D eigenvalue weighted by Gasteiger charge is -2.35. The standard InChI is InChI=1S/C16H23N5O2.C15H21N5O2.2C14H19N5O2.2C13H17N5O2/c1-11-17-15(19(2)3)21(5)16(18-11)20(4)9-12-6-7-13-14(8-12)23-10-22-13;1-10-16-14(19(2)3)18-15(17-10)20(4)8-11-5-6-12-13(7-11)22-9-21-12;1-9-16-13(18-14(17-9)19(2)3)15-7-10-4-5-11-12(6-10)21-8-20-11;1-9-16-13(15-2)18-14(17-9)19(3)7-10-4-5-11-12(6-10)21-8-20-11;1-8-15-12(14)17-13(16-8)18(2)6-9-3-4-10-11(5-9)20-7-19-10;1-8-16-12(14-2)18-13(17-8)15-6-9-3-4-10-11(5-9)20-7-19-10/h6-8,11H,9-10H2,1-5H3;5-7,10H,8-9H2,1-4H3,(H,16,17,18);2*4-6,9H,7-8H2,1-3H3,(H2,15,16,17,18);3-5,8H,6-7H2,1-2H3,(H3,14,15,16,17);3-5,8H,6-7H2,1-2H3,(H3,14,15,16,17,18). The Kier molecular flexibility index (Phi) is 29.6. The normalized spacial score (nSPS) is 20.9. The van der Waals surface area contributed by atoms with Crippen LogP contribution < -0.4 is 110 Å². The zero-order chi connectivity index (χ0) is 90.0. The van der Waals surface area contributed by atoms with Gasteiger partial charge < -0.3 is 118 Å². The van der Waals surface area contributed by atoms with Gasteiger partial charge in [0.15, 0.2) is 98.8 Å². The van der Waals surface area contributed by atoms with Gasteiger partial charge in [0.25, 0.3) is 0 Å². The van der Waals surface area contributed by atoms with Gasteiger partial charge in [-0.3, -0.25) is 41.5 Å². The van der Waals surface area contributed by atoms with Gasteiger partial charge in [0.05, 0.1) is 19.3 Å². The molecule has 0 aromatic heterocycles. The number of nitrogens with zero attached hydrogens (tertiary/aromatic N) is 20. The van der Waals surface area contributed by atoms with Crippen molar-refractivity contribution in [1.29, 1.82) is 0 Å². The molecule has 0 spiro atoms. The van der Waals surface area contributed by atoms with Gasteiger partial charge in [0.2, 0.25) is 82.5 Å². The Labute approximate surface area is 739 Å². The number of hydrogen-bond acceptors (Lipinski definition) is 35. The third-order valence-electron chi connectivity index (χ3n) is 19.9. The number of benzene rings is 6. The van der Waals surface area contributed by atoms with Gasteiger partial charge >= 0.3 is 0 Å². The van der Waals surface area contributed by atoms with Crippen LogP contribution in [0, 0.1) is 0 Å². The topological polar surface area (TPSA) is 419 Å². The molecule has 0 aliphatic carbocycles. The Morgan fingerprint density at radius 1 is 0.323 bits per heavy atom. The highest BCUT2D eigenvalue weighted by atomic mass is 16.7. The van der Waals surface area contributed by atoms with Crippen molar-refractivity contribution >= 4 is 71.5 Å². The third kappa shape index (κ3) is 24.5. The zero-order valence-corrected chi connectivity index (χ0v) is 75.3. The summed E-state index contributed by atoms with van der Waals surface area (Å²) in [6.45, 7) is 17.5. The van der Waals surface area contributed by atoms with Crippen molar-refractivity contribution in [2.45, 2.75) is 118 Å². The molecule has 12 aliphatic heterocycles. The van der Waals surface area contributed by atoms with Gasteiger partial charge in [-0.05, 0) is 148 Å². The Morgan fingerprint density at radius 2 is 0.622 bits per heavy atom. The quantitative estimate of drug-likeness (QED) is 0.0787. The van der Waals surface area contributed by atoms with Crippen LogP contribution in [0.5, 0.6) is 69.0 Å². The van der Waals surface area contributed by atoms with Crippen LogP contribution in [0.15, 0.2) is 169 Å². The summed E-state index contributed by atoms with van der Waals surface area (Å²) in [5.41, 5.74) is 12.4. The molecule has 6 aromatic carbocycles. The fraction of sp³-hybridized carbons (Fsp3) is 0.435. The molecule has 6 atom stereocenters. The van der Waals surface area contributed by atoms with E-state index in [2.05, 4.69) is 124 Å². The van der Waals surface area contributed by atoms with Crippen LogP contribution in [0.25, 0.3) is 0 Å². The minimum Gasteiger partial charge on any atom is -0.454 e. The summed E-state index contributed by atoms with van der Waals surface area (Å²) in [6, 6.07) is 35.6. The molecule has 12 aliphatic rings. The molecule has 18 rings (SSSR count). The van der Waals surface area contributed by atoms with Crippen LogP contribution in [0.1, 0.15) is 74.9 Å². The molecule has 1 fully saturated rings. The van der Waals surface area contributed by atoms with Crippen LogP contribution in [0.2, 0.25) is 0 Å². The van der Waals surface area contributed by atoms with Gasteiger partial charge in [0.1, 0.15) is 30.8 Å². The average molecular weight is 1750 g/mol. The van der Waals surface area contributed by atoms with E-state index in [9.17, 15) is 0 Å². The van der Waals surface area contributed by atoms with Crippen LogP contribution in [-0.2, 0) is 39.3 Å². The van der Waals surface area contributed by atoms with Crippen LogP contribution in [0.4, 0.5) is 0 Å². The highest BCUT2D eigenvalue weighted by molar-refractivity contribution is 6.03. The molecule has 12 heterocycles. The molecular weight excluding hydrogens is 1630 g/mol. The van der Waals surface area contributed by atoms with E-state index >= 15 is 0 Å². The average Bonchev–Trinajstić information content (AvgIpc) is 1.81. The van der Waals surface area contributed by atoms with Crippen molar-refractivity contribution in [1.82, 2.24) is 87.1 Å². The molecule has 6 unspecified atom stereocenters. The Balaban J connectivity index is 0.000000130. The maximum absolute atomic E-state index is 5.72. The van der Waals surface area contributed by atoms with Crippen molar-refractivity contribution in [3.05, 3.63) is 143 Å². The highest BCUT2D eigenvalue weighted by Crippen LogP contribution is 2.38. The number of hydrogen-bond donors (Lipinski definition) is 10. The van der Waals surface area contributed by atoms with Gasteiger partial charge in [-0.25, -0.2) is 49.9 Å². The number of nitrogens with one attached hydrogen (secondary N) is 9. The molecule has 0 bridgehead atoms. The number of fused-ring (bicyclic) bond motifs is 6. The lowest BCUT2D eigenvalue weighted by atomic mass is 10.2. The largest absolute Gasteiger partial charge is 0.454 e. The van der Waals surface area contributed by atoms with Crippen molar-refractivity contribution in [3.63, 3.8) is 0 Å². The predicted octanol–water partition coefficient (Wildman–Crippen LogP) is 4.79. The molecule has 678 valence electrons. The number of rotatable bonds is 12. The molecule has 11 N–H and O–H groups in total. The summed E-state index contributed by atoms with van der Waals surface area (Å²) in [5.74, 6) is 18.5. The van der Waals surface area contributed by atoms with E-state index in [0.29, 0.717) is 70.4 Å². The van der Waals surface area contributed by atoms with E-state index in [-0.39, 0.29) is 57.4 Å². The van der Waals surface area contributed by atoms with E-state index in [1.165, 1.54) is 0 Å². The van der Waals surface area contributed by atoms with Crippen LogP contribution in [0.3, 0.4) is 0 Å². The first-order chi connectivity index (χ1) is 61.1. The second-order valence-electron chi connectivity index (χ2n) is 31.1. The minimum absolute atomic E-state index is 0.000783. The summed E-state index contributed by atoms with van der Waals surface area (Å²) >= 11 is 0. The number of guanidine groups is 12. The van der Waals surface area contributed by atoms with Crippen molar-refractivity contribution < 1.29 is 56.8 Å². The summed E-state index contributed by atoms with van der Waals surface area (Å²) in [6.07, 6.45) is -0.250. The molecule has 0 amide bonds. The van der Waals surface area contributed by atoms with E-state index < -0.39 is 0 Å². The summed E-state index contributed by atoms with van der Waals surface area (Å²) in [7, 11) is 25.2. The Hall–Kier alpha value is -14.6. The summed E-state index contributed by atoms with van der Waals surface area (Å²) < 4.78 is 64.3. The van der Waals surface area contributed by atoms with Crippen molar-refractivity contribution in [2.75, 3.05) is 132 Å².